The summed E-state index contributed by atoms with van der Waals surface area (Å²) in [4.78, 5) is 64.1. The Bertz CT molecular complexity index is 3330. The maximum Gasteiger partial charge on any atom is 0.328 e. The number of anilines is 2. The number of piperidine rings is 1. The summed E-state index contributed by atoms with van der Waals surface area (Å²) < 4.78 is 47.4. The number of methoxy groups -OCH3 is 2. The number of carbonyl (C=O) groups excluding carboxylic acids is 3. The fourth-order valence-corrected chi connectivity index (χ4v) is 20.1. The molecular weight excluding hydrogens is 1110 g/mol. The average Bonchev–Trinajstić information content (AvgIpc) is 1.98. The van der Waals surface area contributed by atoms with Crippen LogP contribution < -0.4 is 29.3 Å². The van der Waals surface area contributed by atoms with Gasteiger partial charge in [-0.3, -0.25) is 24.8 Å². The quantitative estimate of drug-likeness (QED) is 0.0500. The van der Waals surface area contributed by atoms with Gasteiger partial charge in [0, 0.05) is 126 Å². The van der Waals surface area contributed by atoms with Crippen molar-refractivity contribution in [3.05, 3.63) is 71.7 Å². The second-order valence-corrected chi connectivity index (χ2v) is 31.9. The van der Waals surface area contributed by atoms with Gasteiger partial charge in [0.05, 0.1) is 31.4 Å². The third-order valence-electron chi connectivity index (χ3n) is 20.0. The molecule has 6 aliphatic rings. The first kappa shape index (κ1) is 61.2. The van der Waals surface area contributed by atoms with Crippen molar-refractivity contribution < 1.29 is 42.5 Å². The Morgan fingerprint density at radius 3 is 2.28 bits per heavy atom. The third-order valence-corrected chi connectivity index (χ3v) is 26.3. The van der Waals surface area contributed by atoms with E-state index in [1.54, 1.807) is 31.5 Å². The normalized spacial score (nSPS) is 19.7. The van der Waals surface area contributed by atoms with Crippen LogP contribution in [-0.4, -0.2) is 168 Å². The topological polar surface area (TPSA) is 164 Å². The number of rotatable bonds is 18. The van der Waals surface area contributed by atoms with Crippen LogP contribution in [0.15, 0.2) is 54.7 Å². The number of nitrogens with one attached hydrogen (secondary N) is 1. The van der Waals surface area contributed by atoms with E-state index in [1.807, 2.05) is 35.2 Å². The monoisotopic (exact) mass is 1190 g/mol. The molecule has 4 aliphatic heterocycles. The summed E-state index contributed by atoms with van der Waals surface area (Å²) in [5, 5.41) is 4.57. The highest BCUT2D eigenvalue weighted by Crippen LogP contribution is 2.49. The lowest BCUT2D eigenvalue weighted by Gasteiger charge is -2.47. The molecule has 4 amide bonds. The van der Waals surface area contributed by atoms with E-state index in [0.29, 0.717) is 95.0 Å². The van der Waals surface area contributed by atoms with Gasteiger partial charge in [0.2, 0.25) is 5.91 Å². The smallest absolute Gasteiger partial charge is 0.328 e. The first-order chi connectivity index (χ1) is 41.5. The van der Waals surface area contributed by atoms with E-state index in [4.69, 9.17) is 38.6 Å². The van der Waals surface area contributed by atoms with Gasteiger partial charge in [0.25, 0.3) is 5.91 Å². The molecule has 17 nitrogen and oxygen atoms in total. The number of amides is 4. The Morgan fingerprint density at radius 1 is 0.837 bits per heavy atom. The Morgan fingerprint density at radius 2 is 1.58 bits per heavy atom. The second-order valence-electron chi connectivity index (χ2n) is 26.3. The number of benzene rings is 3. The molecule has 1 spiro atoms. The highest BCUT2D eigenvalue weighted by atomic mass is 28.3. The molecule has 4 saturated heterocycles. The summed E-state index contributed by atoms with van der Waals surface area (Å²) in [7, 11) is 0.989. The van der Waals surface area contributed by atoms with Crippen molar-refractivity contribution in [2.24, 2.45) is 16.7 Å². The van der Waals surface area contributed by atoms with Gasteiger partial charge >= 0.3 is 12.0 Å². The summed E-state index contributed by atoms with van der Waals surface area (Å²) in [6.07, 6.45) is 11.6. The van der Waals surface area contributed by atoms with Gasteiger partial charge in [-0.15, -0.1) is 5.54 Å². The zero-order valence-corrected chi connectivity index (χ0v) is 52.9. The number of nitrogens with zero attached hydrogens (tertiary/aromatic N) is 8. The van der Waals surface area contributed by atoms with Crippen LogP contribution >= 0.6 is 0 Å². The molecule has 0 radical (unpaired) electrons. The molecule has 86 heavy (non-hydrogen) atoms. The first-order valence-electron chi connectivity index (χ1n) is 31.6. The van der Waals surface area contributed by atoms with E-state index in [0.717, 1.165) is 101 Å². The highest BCUT2D eigenvalue weighted by molar-refractivity contribution is 6.90. The van der Waals surface area contributed by atoms with E-state index in [2.05, 4.69) is 73.0 Å². The number of ether oxygens (including phenoxy) is 5. The number of imide groups is 1. The molecule has 11 rings (SSSR count). The maximum absolute atomic E-state index is 17.9. The van der Waals surface area contributed by atoms with Gasteiger partial charge in [-0.25, -0.2) is 9.18 Å². The van der Waals surface area contributed by atoms with Crippen molar-refractivity contribution >= 4 is 59.1 Å². The van der Waals surface area contributed by atoms with Crippen LogP contribution in [0.25, 0.3) is 32.9 Å². The standard InChI is InChI=1S/C67H88FN9O8Si/c1-45(2)86(46(3)4,47(5)6)36-18-49-11-9-12-50-37-52(85-44-81-7)39-53(58(49)50)60-59(68)61-54(40-69-60)62(75-25-10-34-83-35-33-75)72-64(71-61)84-43-67(21-22-67)42-74-31-29-73(30-32-74)41-48-15-19-66(20-16-48)23-27-76(28-24-66)63(79)51-13-14-56(82-8)55(38-51)77-26-17-57(78)70-65(77)80/h9,11-14,37-40,45-48H,10,15-17,19-35,41-44H2,1-8H3,(H,70,78,80). The summed E-state index contributed by atoms with van der Waals surface area (Å²) >= 11 is 0. The lowest BCUT2D eigenvalue weighted by Crippen LogP contribution is -2.50. The van der Waals surface area contributed by atoms with E-state index >= 15 is 4.39 Å². The number of halogens is 1. The number of carbonyl (C=O) groups is 3. The molecule has 2 aromatic heterocycles. The third kappa shape index (κ3) is 12.9. The van der Waals surface area contributed by atoms with Crippen molar-refractivity contribution in [1.29, 1.82) is 0 Å². The fourth-order valence-electron chi connectivity index (χ4n) is 14.9. The minimum absolute atomic E-state index is 0.0252. The summed E-state index contributed by atoms with van der Waals surface area (Å²) in [5.74, 6) is 5.06. The number of urea groups is 1. The lowest BCUT2D eigenvalue weighted by atomic mass is 9.65. The van der Waals surface area contributed by atoms with Crippen LogP contribution in [-0.2, 0) is 14.3 Å². The second kappa shape index (κ2) is 26.1. The number of hydrogen-bond acceptors (Lipinski definition) is 14. The predicted molar refractivity (Wildman–Crippen MR) is 336 cm³/mol. The van der Waals surface area contributed by atoms with E-state index in [9.17, 15) is 14.4 Å². The van der Waals surface area contributed by atoms with Gasteiger partial charge in [-0.1, -0.05) is 59.6 Å². The molecule has 460 valence electrons. The number of hydrogen-bond donors (Lipinski definition) is 1. The van der Waals surface area contributed by atoms with Crippen molar-refractivity contribution in [3.63, 3.8) is 0 Å². The summed E-state index contributed by atoms with van der Waals surface area (Å²) in [5.41, 5.74) is 8.20. The van der Waals surface area contributed by atoms with Crippen molar-refractivity contribution in [3.8, 4) is 40.2 Å². The van der Waals surface area contributed by atoms with Crippen LogP contribution in [0.4, 0.5) is 20.7 Å². The Balaban J connectivity index is 0.736. The van der Waals surface area contributed by atoms with E-state index in [-0.39, 0.29) is 59.6 Å². The number of fused-ring (bicyclic) bond motifs is 2. The minimum Gasteiger partial charge on any atom is -0.495 e. The zero-order valence-electron chi connectivity index (χ0n) is 51.9. The SMILES string of the molecule is COCOc1cc(-c2ncc3c(N4CCCOCC4)nc(OCC4(CN5CCN(CC6CCC7(CC6)CCN(C(=O)c6ccc(OC)c(N8CCC(=O)NC8=O)c6)CC7)CC5)CC4)nc3c2F)c2c(C#C[Si](C(C)C)(C(C)C)C(C)C)cccc2c1. The predicted octanol–water partition coefficient (Wildman–Crippen LogP) is 11.1. The van der Waals surface area contributed by atoms with Crippen LogP contribution in [0, 0.1) is 34.0 Å². The molecule has 0 atom stereocenters. The largest absolute Gasteiger partial charge is 0.495 e. The van der Waals surface area contributed by atoms with Crippen LogP contribution in [0.1, 0.15) is 122 Å². The molecule has 19 heteroatoms. The molecule has 0 bridgehead atoms. The summed E-state index contributed by atoms with van der Waals surface area (Å²) in [6.45, 7) is 24.6. The minimum atomic E-state index is -2.13. The number of piperazine rings is 1. The van der Waals surface area contributed by atoms with Crippen LogP contribution in [0.2, 0.25) is 16.6 Å². The summed E-state index contributed by atoms with van der Waals surface area (Å²) in [6, 6.07) is 14.7. The number of likely N-dealkylation sites (tertiary alicyclic amines) is 1. The zero-order chi connectivity index (χ0) is 60.3. The van der Waals surface area contributed by atoms with Gasteiger partial charge in [0.15, 0.2) is 12.6 Å². The number of pyridine rings is 1. The molecule has 1 N–H and O–H groups in total. The van der Waals surface area contributed by atoms with Crippen molar-refractivity contribution in [2.45, 2.75) is 122 Å². The Hall–Kier alpha value is -6.43. The molecule has 6 fully saturated rings. The number of aromatic nitrogens is 3. The molecule has 2 saturated carbocycles. The molecule has 2 aliphatic carbocycles. The average molecular weight is 1190 g/mol. The van der Waals surface area contributed by atoms with Gasteiger partial charge in [-0.05, 0) is 128 Å². The molecule has 0 unspecified atom stereocenters. The van der Waals surface area contributed by atoms with Crippen molar-refractivity contribution in [1.82, 2.24) is 35.0 Å². The van der Waals surface area contributed by atoms with Crippen molar-refractivity contribution in [2.75, 3.05) is 123 Å². The molecule has 6 heterocycles. The maximum atomic E-state index is 17.9. The van der Waals surface area contributed by atoms with Gasteiger partial charge < -0.3 is 43.3 Å². The van der Waals surface area contributed by atoms with Crippen LogP contribution in [0.5, 0.6) is 17.5 Å². The molecule has 3 aromatic carbocycles. The highest BCUT2D eigenvalue weighted by Gasteiger charge is 2.46. The Labute approximate surface area is 508 Å². The molecule has 5 aromatic rings. The lowest BCUT2D eigenvalue weighted by molar-refractivity contribution is -0.120. The molecular formula is C67H88FN9O8Si. The van der Waals surface area contributed by atoms with E-state index < -0.39 is 19.9 Å². The Kier molecular flexibility index (Phi) is 18.6. The van der Waals surface area contributed by atoms with E-state index in [1.165, 1.54) is 37.7 Å². The van der Waals surface area contributed by atoms with Gasteiger partial charge in [-0.2, -0.15) is 9.97 Å². The van der Waals surface area contributed by atoms with Crippen LogP contribution in [0.3, 0.4) is 0 Å². The first-order valence-corrected chi connectivity index (χ1v) is 33.8. The fraction of sp³-hybridized carbons (Fsp3) is 0.582. The van der Waals surface area contributed by atoms with Gasteiger partial charge in [0.1, 0.15) is 36.6 Å².